The molecule has 0 aliphatic rings. The molecule has 0 aromatic carbocycles. The highest BCUT2D eigenvalue weighted by molar-refractivity contribution is 5.85. The van der Waals surface area contributed by atoms with Gasteiger partial charge in [0.1, 0.15) is 0 Å². The molecule has 0 aromatic heterocycles. The molecule has 0 fully saturated rings. The summed E-state index contributed by atoms with van der Waals surface area (Å²) in [6.45, 7) is 4.52. The molecular formula is C36H66O3. The molecule has 0 heterocycles. The van der Waals surface area contributed by atoms with Crippen LogP contribution in [0, 0.1) is 0 Å². The monoisotopic (exact) mass is 547 g/mol. The standard InChI is InChI=1S/C36H66O3/c1-3-5-7-9-11-13-15-17-19-21-23-25-27-29-31-33-35(37)39-36(38)34-32-30-28-26-24-22-20-18-16-14-12-10-8-6-4-2/h13-16H,3-12,17-34H2,1-2H3/b15-13+,16-14+. The summed E-state index contributed by atoms with van der Waals surface area (Å²) in [5.74, 6) is -0.673. The van der Waals surface area contributed by atoms with Crippen molar-refractivity contribution in [3.63, 3.8) is 0 Å². The van der Waals surface area contributed by atoms with Crippen LogP contribution in [-0.4, -0.2) is 11.9 Å². The van der Waals surface area contributed by atoms with Gasteiger partial charge in [-0.15, -0.1) is 0 Å². The molecule has 0 unspecified atom stereocenters. The third kappa shape index (κ3) is 32.7. The predicted molar refractivity (Wildman–Crippen MR) is 170 cm³/mol. The molecule has 0 bridgehead atoms. The Bertz CT molecular complexity index is 528. The van der Waals surface area contributed by atoms with E-state index in [2.05, 4.69) is 38.2 Å². The molecule has 228 valence electrons. The molecule has 0 amide bonds. The van der Waals surface area contributed by atoms with Gasteiger partial charge in [-0.3, -0.25) is 9.59 Å². The van der Waals surface area contributed by atoms with Crippen molar-refractivity contribution in [2.45, 2.75) is 194 Å². The van der Waals surface area contributed by atoms with Gasteiger partial charge >= 0.3 is 11.9 Å². The fourth-order valence-electron chi connectivity index (χ4n) is 4.91. The molecule has 0 N–H and O–H groups in total. The summed E-state index contributed by atoms with van der Waals surface area (Å²) < 4.78 is 5.00. The molecule has 0 spiro atoms. The van der Waals surface area contributed by atoms with Gasteiger partial charge in [0.05, 0.1) is 0 Å². The van der Waals surface area contributed by atoms with Crippen LogP contribution in [0.1, 0.15) is 194 Å². The zero-order valence-electron chi connectivity index (χ0n) is 26.3. The number of esters is 2. The van der Waals surface area contributed by atoms with Crippen molar-refractivity contribution in [1.82, 2.24) is 0 Å². The minimum absolute atomic E-state index is 0.337. The lowest BCUT2D eigenvalue weighted by molar-refractivity contribution is -0.159. The Morgan fingerprint density at radius 3 is 0.949 bits per heavy atom. The number of ether oxygens (including phenoxy) is 1. The average molecular weight is 547 g/mol. The smallest absolute Gasteiger partial charge is 0.313 e. The van der Waals surface area contributed by atoms with E-state index in [9.17, 15) is 9.59 Å². The second kappa shape index (κ2) is 32.8. The molecule has 39 heavy (non-hydrogen) atoms. The Morgan fingerprint density at radius 2 is 0.641 bits per heavy atom. The Morgan fingerprint density at radius 1 is 0.385 bits per heavy atom. The molecule has 0 aliphatic heterocycles. The predicted octanol–water partition coefficient (Wildman–Crippen LogP) is 12.1. The number of hydrogen-bond donors (Lipinski definition) is 0. The first kappa shape index (κ1) is 37.6. The zero-order chi connectivity index (χ0) is 28.5. The fraction of sp³-hybridized carbons (Fsp3) is 0.833. The first-order valence-corrected chi connectivity index (χ1v) is 17.2. The van der Waals surface area contributed by atoms with E-state index in [0.29, 0.717) is 12.8 Å². The number of hydrogen-bond acceptors (Lipinski definition) is 3. The average Bonchev–Trinajstić information content (AvgIpc) is 2.93. The third-order valence-corrected chi connectivity index (χ3v) is 7.51. The van der Waals surface area contributed by atoms with Crippen molar-refractivity contribution in [2.24, 2.45) is 0 Å². The van der Waals surface area contributed by atoms with Gasteiger partial charge < -0.3 is 4.74 Å². The zero-order valence-corrected chi connectivity index (χ0v) is 26.3. The molecule has 0 saturated carbocycles. The van der Waals surface area contributed by atoms with E-state index >= 15 is 0 Å². The highest BCUT2D eigenvalue weighted by atomic mass is 16.6. The molecule has 0 radical (unpaired) electrons. The summed E-state index contributed by atoms with van der Waals surface area (Å²) in [6, 6.07) is 0. The van der Waals surface area contributed by atoms with Gasteiger partial charge in [0.25, 0.3) is 0 Å². The van der Waals surface area contributed by atoms with Crippen LogP contribution in [0.4, 0.5) is 0 Å². The van der Waals surface area contributed by atoms with Gasteiger partial charge in [-0.2, -0.15) is 0 Å². The first-order valence-electron chi connectivity index (χ1n) is 17.2. The third-order valence-electron chi connectivity index (χ3n) is 7.51. The van der Waals surface area contributed by atoms with Gasteiger partial charge in [0.15, 0.2) is 0 Å². The molecule has 3 heteroatoms. The maximum atomic E-state index is 11.9. The maximum absolute atomic E-state index is 11.9. The first-order chi connectivity index (χ1) is 19.2. The number of carbonyl (C=O) groups is 2. The summed E-state index contributed by atoms with van der Waals surface area (Å²) in [6.07, 6.45) is 42.2. The summed E-state index contributed by atoms with van der Waals surface area (Å²) >= 11 is 0. The largest absolute Gasteiger partial charge is 0.393 e. The lowest BCUT2D eigenvalue weighted by Gasteiger charge is -2.04. The number of unbranched alkanes of at least 4 members (excludes halogenated alkanes) is 22. The Hall–Kier alpha value is -1.38. The Labute approximate surface area is 244 Å². The Balaban J connectivity index is 3.35. The van der Waals surface area contributed by atoms with E-state index in [1.807, 2.05) is 0 Å². The molecule has 0 aliphatic carbocycles. The lowest BCUT2D eigenvalue weighted by atomic mass is 10.1. The van der Waals surface area contributed by atoms with Crippen molar-refractivity contribution in [3.05, 3.63) is 24.3 Å². The van der Waals surface area contributed by atoms with Crippen molar-refractivity contribution in [1.29, 1.82) is 0 Å². The van der Waals surface area contributed by atoms with Crippen LogP contribution in [0.25, 0.3) is 0 Å². The SMILES string of the molecule is CCCCCC/C=C/CCCCCCCCCC(=O)OC(=O)CCCCCCCCC/C=C/CCCCCC. The van der Waals surface area contributed by atoms with Gasteiger partial charge in [-0.25, -0.2) is 0 Å². The van der Waals surface area contributed by atoms with Crippen LogP contribution in [0.2, 0.25) is 0 Å². The molecule has 0 saturated heterocycles. The Kier molecular flexibility index (Phi) is 31.7. The van der Waals surface area contributed by atoms with Gasteiger partial charge in [0.2, 0.25) is 0 Å². The summed E-state index contributed by atoms with van der Waals surface area (Å²) in [5.41, 5.74) is 0. The van der Waals surface area contributed by atoms with E-state index in [-0.39, 0.29) is 11.9 Å². The molecule has 0 aromatic rings. The minimum Gasteiger partial charge on any atom is -0.393 e. The molecule has 0 rings (SSSR count). The normalized spacial score (nSPS) is 11.6. The van der Waals surface area contributed by atoms with Gasteiger partial charge in [0, 0.05) is 12.8 Å². The summed E-state index contributed by atoms with van der Waals surface area (Å²) in [4.78, 5) is 23.8. The maximum Gasteiger partial charge on any atom is 0.313 e. The van der Waals surface area contributed by atoms with Crippen molar-refractivity contribution in [3.8, 4) is 0 Å². The second-order valence-electron chi connectivity index (χ2n) is 11.5. The number of rotatable bonds is 30. The van der Waals surface area contributed by atoms with Crippen LogP contribution < -0.4 is 0 Å². The summed E-state index contributed by atoms with van der Waals surface area (Å²) in [7, 11) is 0. The topological polar surface area (TPSA) is 43.4 Å². The van der Waals surface area contributed by atoms with Crippen molar-refractivity contribution < 1.29 is 14.3 Å². The highest BCUT2D eigenvalue weighted by Crippen LogP contribution is 2.13. The van der Waals surface area contributed by atoms with Crippen LogP contribution in [-0.2, 0) is 14.3 Å². The van der Waals surface area contributed by atoms with Gasteiger partial charge in [-0.05, 0) is 64.2 Å². The minimum atomic E-state index is -0.337. The van der Waals surface area contributed by atoms with E-state index < -0.39 is 0 Å². The second-order valence-corrected chi connectivity index (χ2v) is 11.5. The van der Waals surface area contributed by atoms with Crippen molar-refractivity contribution in [2.75, 3.05) is 0 Å². The number of carbonyl (C=O) groups excluding carboxylic acids is 2. The summed E-state index contributed by atoms with van der Waals surface area (Å²) in [5, 5.41) is 0. The number of allylic oxidation sites excluding steroid dienone is 4. The van der Waals surface area contributed by atoms with E-state index in [4.69, 9.17) is 4.74 Å². The highest BCUT2D eigenvalue weighted by Gasteiger charge is 2.09. The van der Waals surface area contributed by atoms with Crippen LogP contribution in [0.3, 0.4) is 0 Å². The van der Waals surface area contributed by atoms with Crippen molar-refractivity contribution >= 4 is 11.9 Å². The fourth-order valence-corrected chi connectivity index (χ4v) is 4.91. The van der Waals surface area contributed by atoms with Crippen LogP contribution in [0.15, 0.2) is 24.3 Å². The van der Waals surface area contributed by atoms with Crippen LogP contribution >= 0.6 is 0 Å². The van der Waals surface area contributed by atoms with E-state index in [0.717, 1.165) is 25.7 Å². The molecule has 3 nitrogen and oxygen atoms in total. The lowest BCUT2D eigenvalue weighted by Crippen LogP contribution is -2.11. The van der Waals surface area contributed by atoms with E-state index in [1.54, 1.807) is 0 Å². The van der Waals surface area contributed by atoms with E-state index in [1.165, 1.54) is 141 Å². The van der Waals surface area contributed by atoms with Crippen LogP contribution in [0.5, 0.6) is 0 Å². The van der Waals surface area contributed by atoms with Gasteiger partial charge in [-0.1, -0.05) is 141 Å². The molecule has 0 atom stereocenters. The molecular weight excluding hydrogens is 480 g/mol. The quantitative estimate of drug-likeness (QED) is 0.0389.